The molecule has 1 rings (SSSR count). The summed E-state index contributed by atoms with van der Waals surface area (Å²) in [5, 5.41) is 9.65. The van der Waals surface area contributed by atoms with E-state index in [0.29, 0.717) is 11.1 Å². The quantitative estimate of drug-likeness (QED) is 0.859. The molecule has 1 aromatic heterocycles. The molecule has 1 aromatic rings. The van der Waals surface area contributed by atoms with Crippen LogP contribution in [0.1, 0.15) is 19.4 Å². The maximum Gasteiger partial charge on any atom is 0.147 e. The number of anilines is 1. The largest absolute Gasteiger partial charge is 0.392 e. The van der Waals surface area contributed by atoms with Crippen LogP contribution in [0, 0.1) is 0 Å². The maximum absolute atomic E-state index is 9.06. The van der Waals surface area contributed by atoms with Crippen LogP contribution >= 0.6 is 11.6 Å². The lowest BCUT2D eigenvalue weighted by Gasteiger charge is -2.31. The number of aromatic nitrogens is 1. The van der Waals surface area contributed by atoms with Crippen LogP contribution in [0.4, 0.5) is 5.82 Å². The van der Waals surface area contributed by atoms with Crippen molar-refractivity contribution >= 4 is 17.4 Å². The van der Waals surface area contributed by atoms with Crippen LogP contribution in [0.2, 0.25) is 5.02 Å². The molecule has 1 unspecified atom stereocenters. The van der Waals surface area contributed by atoms with Gasteiger partial charge in [-0.1, -0.05) is 11.6 Å². The predicted octanol–water partition coefficient (Wildman–Crippen LogP) is 2.00. The monoisotopic (exact) mass is 271 g/mol. The average molecular weight is 272 g/mol. The third-order valence-electron chi connectivity index (χ3n) is 2.84. The lowest BCUT2D eigenvalue weighted by Crippen LogP contribution is -2.40. The normalized spacial score (nSPS) is 12.8. The second-order valence-corrected chi connectivity index (χ2v) is 5.11. The molecule has 1 atom stereocenters. The third-order valence-corrected chi connectivity index (χ3v) is 3.11. The molecule has 1 heterocycles. The number of pyridine rings is 1. The summed E-state index contributed by atoms with van der Waals surface area (Å²) in [5.41, 5.74) is 0.736. The highest BCUT2D eigenvalue weighted by atomic mass is 35.5. The first-order valence-electron chi connectivity index (χ1n) is 6.16. The molecule has 18 heavy (non-hydrogen) atoms. The Morgan fingerprint density at radius 3 is 2.56 bits per heavy atom. The molecule has 0 fully saturated rings. The molecule has 4 nitrogen and oxygen atoms in total. The van der Waals surface area contributed by atoms with Crippen molar-refractivity contribution in [2.45, 2.75) is 26.5 Å². The Balaban J connectivity index is 2.94. The molecule has 0 aliphatic carbocycles. The van der Waals surface area contributed by atoms with E-state index >= 15 is 0 Å². The minimum absolute atomic E-state index is 0.0353. The fourth-order valence-electron chi connectivity index (χ4n) is 2.07. The van der Waals surface area contributed by atoms with E-state index in [4.69, 9.17) is 16.7 Å². The SMILES string of the molecule is CCN(c1ncc(CO)cc1Cl)C(C)CN(C)C. The molecule has 0 spiro atoms. The van der Waals surface area contributed by atoms with E-state index in [-0.39, 0.29) is 6.61 Å². The van der Waals surface area contributed by atoms with Crippen molar-refractivity contribution in [3.63, 3.8) is 0 Å². The smallest absolute Gasteiger partial charge is 0.147 e. The summed E-state index contributed by atoms with van der Waals surface area (Å²) in [5.74, 6) is 0.783. The lowest BCUT2D eigenvalue weighted by atomic mass is 10.2. The van der Waals surface area contributed by atoms with Gasteiger partial charge in [0.15, 0.2) is 0 Å². The molecule has 0 bridgehead atoms. The third kappa shape index (κ3) is 3.83. The van der Waals surface area contributed by atoms with Crippen molar-refractivity contribution in [3.05, 3.63) is 22.8 Å². The Labute approximate surface area is 114 Å². The number of aliphatic hydroxyl groups excluding tert-OH is 1. The van der Waals surface area contributed by atoms with Crippen LogP contribution in [0.5, 0.6) is 0 Å². The fourth-order valence-corrected chi connectivity index (χ4v) is 2.36. The maximum atomic E-state index is 9.06. The van der Waals surface area contributed by atoms with Gasteiger partial charge in [-0.15, -0.1) is 0 Å². The van der Waals surface area contributed by atoms with Gasteiger partial charge in [0.05, 0.1) is 11.6 Å². The van der Waals surface area contributed by atoms with E-state index in [0.717, 1.165) is 24.5 Å². The Morgan fingerprint density at radius 1 is 1.44 bits per heavy atom. The van der Waals surface area contributed by atoms with Crippen molar-refractivity contribution < 1.29 is 5.11 Å². The van der Waals surface area contributed by atoms with Crippen LogP contribution in [0.3, 0.4) is 0 Å². The van der Waals surface area contributed by atoms with E-state index in [9.17, 15) is 0 Å². The van der Waals surface area contributed by atoms with Gasteiger partial charge in [0.25, 0.3) is 0 Å². The number of nitrogens with zero attached hydrogens (tertiary/aromatic N) is 3. The molecule has 0 aliphatic rings. The number of likely N-dealkylation sites (N-methyl/N-ethyl adjacent to an activating group) is 2. The van der Waals surface area contributed by atoms with Crippen LogP contribution in [-0.4, -0.2) is 48.2 Å². The summed E-state index contributed by atoms with van der Waals surface area (Å²) in [6, 6.07) is 2.10. The van der Waals surface area contributed by atoms with Gasteiger partial charge < -0.3 is 14.9 Å². The standard InChI is InChI=1S/C13H22ClN3O/c1-5-17(10(2)8-16(3)4)13-12(14)6-11(9-18)7-15-13/h6-7,10,18H,5,8-9H2,1-4H3. The first kappa shape index (κ1) is 15.2. The lowest BCUT2D eigenvalue weighted by molar-refractivity contribution is 0.281. The molecule has 0 aromatic carbocycles. The summed E-state index contributed by atoms with van der Waals surface area (Å²) < 4.78 is 0. The molecule has 5 heteroatoms. The number of rotatable bonds is 6. The Kier molecular flexibility index (Phi) is 5.85. The molecular weight excluding hydrogens is 250 g/mol. The topological polar surface area (TPSA) is 39.6 Å². The second-order valence-electron chi connectivity index (χ2n) is 4.70. The summed E-state index contributed by atoms with van der Waals surface area (Å²) >= 11 is 6.23. The van der Waals surface area contributed by atoms with E-state index in [2.05, 4.69) is 28.6 Å². The van der Waals surface area contributed by atoms with Gasteiger partial charge in [-0.05, 0) is 39.6 Å². The number of hydrogen-bond donors (Lipinski definition) is 1. The highest BCUT2D eigenvalue weighted by Gasteiger charge is 2.17. The number of halogens is 1. The van der Waals surface area contributed by atoms with Crippen LogP contribution in [0.25, 0.3) is 0 Å². The zero-order valence-electron chi connectivity index (χ0n) is 11.5. The average Bonchev–Trinajstić information content (AvgIpc) is 2.31. The molecule has 102 valence electrons. The van der Waals surface area contributed by atoms with Gasteiger partial charge in [0.2, 0.25) is 0 Å². The van der Waals surface area contributed by atoms with Crippen molar-refractivity contribution in [1.29, 1.82) is 0 Å². The molecule has 0 saturated heterocycles. The highest BCUT2D eigenvalue weighted by molar-refractivity contribution is 6.33. The molecule has 0 amide bonds. The molecule has 0 aliphatic heterocycles. The Morgan fingerprint density at radius 2 is 2.11 bits per heavy atom. The van der Waals surface area contributed by atoms with Crippen molar-refractivity contribution in [2.75, 3.05) is 32.1 Å². The van der Waals surface area contributed by atoms with Gasteiger partial charge in [-0.2, -0.15) is 0 Å². The molecular formula is C13H22ClN3O. The van der Waals surface area contributed by atoms with E-state index < -0.39 is 0 Å². The first-order chi connectivity index (χ1) is 8.49. The van der Waals surface area contributed by atoms with Crippen molar-refractivity contribution in [1.82, 2.24) is 9.88 Å². The van der Waals surface area contributed by atoms with Crippen LogP contribution in [0.15, 0.2) is 12.3 Å². The van der Waals surface area contributed by atoms with Gasteiger partial charge in [-0.3, -0.25) is 0 Å². The first-order valence-corrected chi connectivity index (χ1v) is 6.54. The number of hydrogen-bond acceptors (Lipinski definition) is 4. The molecule has 0 radical (unpaired) electrons. The van der Waals surface area contributed by atoms with Gasteiger partial charge in [0.1, 0.15) is 5.82 Å². The zero-order valence-corrected chi connectivity index (χ0v) is 12.3. The van der Waals surface area contributed by atoms with E-state index in [1.165, 1.54) is 0 Å². The second kappa shape index (κ2) is 6.92. The van der Waals surface area contributed by atoms with Gasteiger partial charge in [-0.25, -0.2) is 4.98 Å². The summed E-state index contributed by atoms with van der Waals surface area (Å²) in [6.45, 7) is 5.99. The van der Waals surface area contributed by atoms with Crippen LogP contribution in [-0.2, 0) is 6.61 Å². The molecule has 0 saturated carbocycles. The van der Waals surface area contributed by atoms with Crippen molar-refractivity contribution in [3.8, 4) is 0 Å². The highest BCUT2D eigenvalue weighted by Crippen LogP contribution is 2.25. The van der Waals surface area contributed by atoms with E-state index in [1.54, 1.807) is 12.3 Å². The zero-order chi connectivity index (χ0) is 13.7. The Bertz CT molecular complexity index is 384. The minimum Gasteiger partial charge on any atom is -0.392 e. The number of aliphatic hydroxyl groups is 1. The minimum atomic E-state index is -0.0353. The fraction of sp³-hybridized carbons (Fsp3) is 0.615. The van der Waals surface area contributed by atoms with Gasteiger partial charge in [0, 0.05) is 25.3 Å². The van der Waals surface area contributed by atoms with Crippen LogP contribution < -0.4 is 4.90 Å². The van der Waals surface area contributed by atoms with E-state index in [1.807, 2.05) is 14.1 Å². The van der Waals surface area contributed by atoms with Gasteiger partial charge >= 0.3 is 0 Å². The van der Waals surface area contributed by atoms with Crippen molar-refractivity contribution in [2.24, 2.45) is 0 Å². The summed E-state index contributed by atoms with van der Waals surface area (Å²) in [6.07, 6.45) is 1.67. The Hall–Kier alpha value is -0.840. The summed E-state index contributed by atoms with van der Waals surface area (Å²) in [4.78, 5) is 8.68. The summed E-state index contributed by atoms with van der Waals surface area (Å²) in [7, 11) is 4.10. The molecule has 1 N–H and O–H groups in total. The predicted molar refractivity (Wildman–Crippen MR) is 76.2 cm³/mol.